The van der Waals surface area contributed by atoms with Crippen molar-refractivity contribution in [3.63, 3.8) is 0 Å². The van der Waals surface area contributed by atoms with Gasteiger partial charge in [-0.2, -0.15) is 0 Å². The number of carbonyl (C=O) groups excluding carboxylic acids is 1. The highest BCUT2D eigenvalue weighted by Gasteiger charge is 2.25. The predicted molar refractivity (Wildman–Crippen MR) is 84.4 cm³/mol. The maximum absolute atomic E-state index is 12.5. The Labute approximate surface area is 134 Å². The Morgan fingerprint density at radius 1 is 1.41 bits per heavy atom. The van der Waals surface area contributed by atoms with Gasteiger partial charge in [0.1, 0.15) is 0 Å². The van der Waals surface area contributed by atoms with Crippen LogP contribution in [0.25, 0.3) is 5.69 Å². The number of para-hydroxylation sites is 1. The van der Waals surface area contributed by atoms with Gasteiger partial charge in [0.2, 0.25) is 0 Å². The summed E-state index contributed by atoms with van der Waals surface area (Å²) in [6, 6.07) is 7.68. The van der Waals surface area contributed by atoms with Gasteiger partial charge in [-0.15, -0.1) is 5.10 Å². The van der Waals surface area contributed by atoms with Gasteiger partial charge in [-0.05, 0) is 32.0 Å². The molecule has 1 amide bonds. The number of likely N-dealkylation sites (tertiary alicyclic amines) is 1. The normalized spacial score (nSPS) is 18.5. The van der Waals surface area contributed by atoms with E-state index in [1.165, 1.54) is 4.68 Å². The summed E-state index contributed by atoms with van der Waals surface area (Å²) in [5.74, 6) is -0.0850. The Balaban J connectivity index is 1.79. The molecule has 1 aliphatic rings. The zero-order chi connectivity index (χ0) is 15.5. The number of amides is 1. The van der Waals surface area contributed by atoms with E-state index in [1.807, 2.05) is 30.1 Å². The molecule has 116 valence electrons. The number of nitrogens with zero attached hydrogens (tertiary/aromatic N) is 4. The van der Waals surface area contributed by atoms with Crippen LogP contribution in [0.1, 0.15) is 23.3 Å². The summed E-state index contributed by atoms with van der Waals surface area (Å²) in [6.45, 7) is 1.46. The first kappa shape index (κ1) is 15.0. The van der Waals surface area contributed by atoms with E-state index < -0.39 is 0 Å². The number of halogens is 1. The van der Waals surface area contributed by atoms with E-state index in [2.05, 4.69) is 15.6 Å². The second-order valence-corrected chi connectivity index (χ2v) is 5.79. The molecule has 0 radical (unpaired) electrons. The largest absolute Gasteiger partial charge is 0.336 e. The first-order valence-electron chi connectivity index (χ1n) is 7.33. The van der Waals surface area contributed by atoms with E-state index in [0.717, 1.165) is 19.4 Å². The van der Waals surface area contributed by atoms with Gasteiger partial charge in [0.05, 0.1) is 16.9 Å². The highest BCUT2D eigenvalue weighted by molar-refractivity contribution is 6.32. The zero-order valence-electron chi connectivity index (χ0n) is 12.4. The van der Waals surface area contributed by atoms with Crippen LogP contribution >= 0.6 is 11.6 Å². The third-order valence-corrected chi connectivity index (χ3v) is 4.25. The molecule has 1 aromatic heterocycles. The van der Waals surface area contributed by atoms with Crippen molar-refractivity contribution >= 4 is 17.5 Å². The fraction of sp³-hybridized carbons (Fsp3) is 0.400. The lowest BCUT2D eigenvalue weighted by atomic mass is 10.1. The standard InChI is InChI=1S/C15H18ClN5O/c1-17-11-5-4-8-20(9-11)15(22)13-10-21(19-18-13)14-7-3-2-6-12(14)16/h2-3,6-7,10-11,17H,4-5,8-9H2,1H3. The minimum Gasteiger partial charge on any atom is -0.336 e. The van der Waals surface area contributed by atoms with E-state index >= 15 is 0 Å². The van der Waals surface area contributed by atoms with E-state index in [9.17, 15) is 4.79 Å². The zero-order valence-corrected chi connectivity index (χ0v) is 13.1. The van der Waals surface area contributed by atoms with Crippen LogP contribution in [0.2, 0.25) is 5.02 Å². The Morgan fingerprint density at radius 3 is 3.00 bits per heavy atom. The highest BCUT2D eigenvalue weighted by atomic mass is 35.5. The number of hydrogen-bond donors (Lipinski definition) is 1. The third kappa shape index (κ3) is 2.98. The maximum Gasteiger partial charge on any atom is 0.276 e. The second kappa shape index (κ2) is 6.46. The number of piperidine rings is 1. The molecule has 7 heteroatoms. The van der Waals surface area contributed by atoms with E-state index in [4.69, 9.17) is 11.6 Å². The molecule has 1 unspecified atom stereocenters. The van der Waals surface area contributed by atoms with Crippen molar-refractivity contribution in [3.05, 3.63) is 41.2 Å². The molecule has 1 atom stereocenters. The molecule has 0 saturated carbocycles. The molecular weight excluding hydrogens is 302 g/mol. The Hall–Kier alpha value is -1.92. The molecule has 0 aliphatic carbocycles. The first-order chi connectivity index (χ1) is 10.7. The monoisotopic (exact) mass is 319 g/mol. The lowest BCUT2D eigenvalue weighted by Crippen LogP contribution is -2.47. The molecule has 1 saturated heterocycles. The molecule has 1 N–H and O–H groups in total. The van der Waals surface area contributed by atoms with Gasteiger partial charge in [0.15, 0.2) is 5.69 Å². The first-order valence-corrected chi connectivity index (χ1v) is 7.70. The molecule has 2 heterocycles. The molecule has 6 nitrogen and oxygen atoms in total. The quantitative estimate of drug-likeness (QED) is 0.936. The number of rotatable bonds is 3. The molecular formula is C15H18ClN5O. The molecule has 0 bridgehead atoms. The van der Waals surface area contributed by atoms with Crippen LogP contribution in [-0.4, -0.2) is 52.0 Å². The lowest BCUT2D eigenvalue weighted by molar-refractivity contribution is 0.0692. The number of benzene rings is 1. The summed E-state index contributed by atoms with van der Waals surface area (Å²) < 4.78 is 1.54. The summed E-state index contributed by atoms with van der Waals surface area (Å²) in [5.41, 5.74) is 1.05. The topological polar surface area (TPSA) is 63.1 Å². The smallest absolute Gasteiger partial charge is 0.276 e. The molecule has 3 rings (SSSR count). The van der Waals surface area contributed by atoms with Crippen molar-refractivity contribution in [2.24, 2.45) is 0 Å². The van der Waals surface area contributed by atoms with Gasteiger partial charge in [0.25, 0.3) is 5.91 Å². The van der Waals surface area contributed by atoms with Gasteiger partial charge in [-0.25, -0.2) is 4.68 Å². The van der Waals surface area contributed by atoms with Crippen molar-refractivity contribution in [2.75, 3.05) is 20.1 Å². The van der Waals surface area contributed by atoms with Crippen LogP contribution in [0, 0.1) is 0 Å². The van der Waals surface area contributed by atoms with Crippen molar-refractivity contribution in [1.29, 1.82) is 0 Å². The number of hydrogen-bond acceptors (Lipinski definition) is 4. The Kier molecular flexibility index (Phi) is 4.40. The van der Waals surface area contributed by atoms with E-state index in [1.54, 1.807) is 12.3 Å². The highest BCUT2D eigenvalue weighted by Crippen LogP contribution is 2.19. The minimum atomic E-state index is -0.0850. The van der Waals surface area contributed by atoms with E-state index in [0.29, 0.717) is 29.0 Å². The fourth-order valence-corrected chi connectivity index (χ4v) is 2.90. The van der Waals surface area contributed by atoms with Crippen LogP contribution in [0.4, 0.5) is 0 Å². The maximum atomic E-state index is 12.5. The van der Waals surface area contributed by atoms with Crippen LogP contribution in [-0.2, 0) is 0 Å². The average Bonchev–Trinajstić information content (AvgIpc) is 3.04. The summed E-state index contributed by atoms with van der Waals surface area (Å²) in [6.07, 6.45) is 3.72. The van der Waals surface area contributed by atoms with Crippen LogP contribution in [0.5, 0.6) is 0 Å². The lowest BCUT2D eigenvalue weighted by Gasteiger charge is -2.31. The average molecular weight is 320 g/mol. The fourth-order valence-electron chi connectivity index (χ4n) is 2.68. The van der Waals surface area contributed by atoms with Crippen molar-refractivity contribution in [2.45, 2.75) is 18.9 Å². The third-order valence-electron chi connectivity index (χ3n) is 3.93. The molecule has 1 aliphatic heterocycles. The Bertz CT molecular complexity index is 671. The van der Waals surface area contributed by atoms with Crippen molar-refractivity contribution in [1.82, 2.24) is 25.2 Å². The molecule has 22 heavy (non-hydrogen) atoms. The van der Waals surface area contributed by atoms with Gasteiger partial charge >= 0.3 is 0 Å². The number of likely N-dealkylation sites (N-methyl/N-ethyl adjacent to an activating group) is 1. The van der Waals surface area contributed by atoms with Crippen LogP contribution in [0.15, 0.2) is 30.5 Å². The van der Waals surface area contributed by atoms with Crippen molar-refractivity contribution in [3.8, 4) is 5.69 Å². The summed E-state index contributed by atoms with van der Waals surface area (Å²) >= 11 is 6.14. The SMILES string of the molecule is CNC1CCCN(C(=O)c2cn(-c3ccccc3Cl)nn2)C1. The molecule has 1 fully saturated rings. The number of nitrogens with one attached hydrogen (secondary N) is 1. The van der Waals surface area contributed by atoms with Crippen LogP contribution in [0.3, 0.4) is 0 Å². The van der Waals surface area contributed by atoms with Crippen LogP contribution < -0.4 is 5.32 Å². The summed E-state index contributed by atoms with van der Waals surface area (Å²) in [5, 5.41) is 11.8. The summed E-state index contributed by atoms with van der Waals surface area (Å²) in [4.78, 5) is 14.4. The molecule has 1 aromatic carbocycles. The Morgan fingerprint density at radius 2 is 2.23 bits per heavy atom. The second-order valence-electron chi connectivity index (χ2n) is 5.38. The van der Waals surface area contributed by atoms with E-state index in [-0.39, 0.29) is 5.91 Å². The molecule has 2 aromatic rings. The molecule has 0 spiro atoms. The van der Waals surface area contributed by atoms with Gasteiger partial charge < -0.3 is 10.2 Å². The van der Waals surface area contributed by atoms with Gasteiger partial charge in [-0.3, -0.25) is 4.79 Å². The number of aromatic nitrogens is 3. The number of carbonyl (C=O) groups is 1. The summed E-state index contributed by atoms with van der Waals surface area (Å²) in [7, 11) is 1.92. The van der Waals surface area contributed by atoms with Crippen molar-refractivity contribution < 1.29 is 4.79 Å². The van der Waals surface area contributed by atoms with Gasteiger partial charge in [0, 0.05) is 19.1 Å². The predicted octanol–water partition coefficient (Wildman–Crippen LogP) is 1.74. The van der Waals surface area contributed by atoms with Gasteiger partial charge in [-0.1, -0.05) is 28.9 Å². The minimum absolute atomic E-state index is 0.0850.